The molecule has 0 unspecified atom stereocenters. The van der Waals surface area contributed by atoms with Crippen LogP contribution in [0.2, 0.25) is 0 Å². The minimum absolute atomic E-state index is 0.208. The molecule has 1 N–H and O–H groups in total. The molecule has 0 heterocycles. The molecule has 0 aliphatic heterocycles. The molecule has 19 heavy (non-hydrogen) atoms. The Morgan fingerprint density at radius 3 is 2.47 bits per heavy atom. The number of allylic oxidation sites excluding steroid dienone is 1. The Morgan fingerprint density at radius 2 is 1.95 bits per heavy atom. The van der Waals surface area contributed by atoms with Gasteiger partial charge in [-0.1, -0.05) is 11.6 Å². The van der Waals surface area contributed by atoms with E-state index in [0.29, 0.717) is 12.1 Å². The van der Waals surface area contributed by atoms with Crippen LogP contribution in [0.3, 0.4) is 0 Å². The van der Waals surface area contributed by atoms with E-state index in [0.717, 1.165) is 11.6 Å². The third kappa shape index (κ3) is 4.39. The zero-order chi connectivity index (χ0) is 14.6. The van der Waals surface area contributed by atoms with Crippen molar-refractivity contribution in [1.82, 2.24) is 5.32 Å². The van der Waals surface area contributed by atoms with Crippen molar-refractivity contribution >= 4 is 5.91 Å². The summed E-state index contributed by atoms with van der Waals surface area (Å²) in [4.78, 5) is 11.6. The number of carbonyl (C=O) groups excluding carboxylic acids is 1. The molecule has 0 bridgehead atoms. The first-order chi connectivity index (χ1) is 8.71. The summed E-state index contributed by atoms with van der Waals surface area (Å²) in [6.07, 6.45) is -3.10. The Kier molecular flexibility index (Phi) is 4.69. The van der Waals surface area contributed by atoms with Crippen LogP contribution in [0, 0.1) is 5.82 Å². The van der Waals surface area contributed by atoms with Crippen LogP contribution in [-0.2, 0) is 6.18 Å². The summed E-state index contributed by atoms with van der Waals surface area (Å²) in [6, 6.07) is 2.16. The van der Waals surface area contributed by atoms with E-state index in [4.69, 9.17) is 0 Å². The van der Waals surface area contributed by atoms with Crippen LogP contribution in [0.15, 0.2) is 29.8 Å². The van der Waals surface area contributed by atoms with Crippen molar-refractivity contribution in [3.8, 4) is 0 Å². The van der Waals surface area contributed by atoms with Crippen molar-refractivity contribution in [2.75, 3.05) is 6.54 Å². The zero-order valence-electron chi connectivity index (χ0n) is 10.4. The van der Waals surface area contributed by atoms with Gasteiger partial charge in [0.1, 0.15) is 5.82 Å². The Morgan fingerprint density at radius 1 is 1.32 bits per heavy atom. The smallest absolute Gasteiger partial charge is 0.349 e. The summed E-state index contributed by atoms with van der Waals surface area (Å²) in [5.41, 5.74) is -0.700. The fraction of sp³-hybridized carbons (Fsp3) is 0.308. The average Bonchev–Trinajstić information content (AvgIpc) is 2.27. The molecular formula is C13H13F4NO. The van der Waals surface area contributed by atoms with E-state index in [2.05, 4.69) is 5.32 Å². The van der Waals surface area contributed by atoms with Crippen LogP contribution < -0.4 is 5.32 Å². The van der Waals surface area contributed by atoms with Crippen LogP contribution in [0.4, 0.5) is 17.6 Å². The monoisotopic (exact) mass is 275 g/mol. The van der Waals surface area contributed by atoms with Gasteiger partial charge in [-0.2, -0.15) is 13.2 Å². The van der Waals surface area contributed by atoms with E-state index in [1.807, 2.05) is 13.8 Å². The van der Waals surface area contributed by atoms with Crippen molar-refractivity contribution in [2.24, 2.45) is 0 Å². The van der Waals surface area contributed by atoms with E-state index in [1.165, 1.54) is 0 Å². The number of hydrogen-bond acceptors (Lipinski definition) is 1. The lowest BCUT2D eigenvalue weighted by molar-refractivity contribution is -0.140. The lowest BCUT2D eigenvalue weighted by atomic mass is 10.1. The molecule has 6 heteroatoms. The summed E-state index contributed by atoms with van der Waals surface area (Å²) in [5, 5.41) is 2.42. The van der Waals surface area contributed by atoms with E-state index in [-0.39, 0.29) is 12.1 Å². The first-order valence-corrected chi connectivity index (χ1v) is 5.50. The lowest BCUT2D eigenvalue weighted by Gasteiger charge is -2.10. The second-order valence-corrected chi connectivity index (χ2v) is 4.18. The van der Waals surface area contributed by atoms with Crippen LogP contribution >= 0.6 is 0 Å². The summed E-state index contributed by atoms with van der Waals surface area (Å²) < 4.78 is 50.4. The molecule has 0 aliphatic carbocycles. The molecule has 0 radical (unpaired) electrons. The quantitative estimate of drug-likeness (QED) is 0.663. The number of amides is 1. The molecule has 0 aromatic heterocycles. The molecule has 0 spiro atoms. The SMILES string of the molecule is CC(C)=CCNC(=O)c1ccc(F)c(C(F)(F)F)c1. The van der Waals surface area contributed by atoms with Crippen LogP contribution in [0.5, 0.6) is 0 Å². The summed E-state index contributed by atoms with van der Waals surface area (Å²) >= 11 is 0. The highest BCUT2D eigenvalue weighted by atomic mass is 19.4. The predicted molar refractivity (Wildman–Crippen MR) is 63.2 cm³/mol. The average molecular weight is 275 g/mol. The Hall–Kier alpha value is -1.85. The summed E-state index contributed by atoms with van der Waals surface area (Å²) in [7, 11) is 0. The normalized spacial score (nSPS) is 11.1. The van der Waals surface area contributed by atoms with Gasteiger partial charge < -0.3 is 5.32 Å². The largest absolute Gasteiger partial charge is 0.419 e. The number of carbonyl (C=O) groups is 1. The molecule has 1 aromatic rings. The summed E-state index contributed by atoms with van der Waals surface area (Å²) in [6.45, 7) is 3.86. The third-order valence-electron chi connectivity index (χ3n) is 2.31. The number of alkyl halides is 3. The van der Waals surface area contributed by atoms with Gasteiger partial charge in [-0.15, -0.1) is 0 Å². The van der Waals surface area contributed by atoms with Crippen LogP contribution in [0.25, 0.3) is 0 Å². The van der Waals surface area contributed by atoms with Gasteiger partial charge >= 0.3 is 6.18 Å². The van der Waals surface area contributed by atoms with Gasteiger partial charge in [0, 0.05) is 12.1 Å². The van der Waals surface area contributed by atoms with E-state index in [9.17, 15) is 22.4 Å². The zero-order valence-corrected chi connectivity index (χ0v) is 10.4. The lowest BCUT2D eigenvalue weighted by Crippen LogP contribution is -2.24. The van der Waals surface area contributed by atoms with Crippen LogP contribution in [0.1, 0.15) is 29.8 Å². The van der Waals surface area contributed by atoms with Gasteiger partial charge in [0.25, 0.3) is 5.91 Å². The molecule has 1 amide bonds. The molecule has 104 valence electrons. The van der Waals surface area contributed by atoms with Crippen LogP contribution in [-0.4, -0.2) is 12.5 Å². The minimum Gasteiger partial charge on any atom is -0.349 e. The first-order valence-electron chi connectivity index (χ1n) is 5.50. The molecular weight excluding hydrogens is 262 g/mol. The topological polar surface area (TPSA) is 29.1 Å². The molecule has 0 saturated heterocycles. The molecule has 2 nitrogen and oxygen atoms in total. The molecule has 0 fully saturated rings. The summed E-state index contributed by atoms with van der Waals surface area (Å²) in [5.74, 6) is -2.07. The first kappa shape index (κ1) is 15.2. The molecule has 0 atom stereocenters. The number of hydrogen-bond donors (Lipinski definition) is 1. The van der Waals surface area contributed by atoms with Crippen molar-refractivity contribution in [2.45, 2.75) is 20.0 Å². The fourth-order valence-corrected chi connectivity index (χ4v) is 1.33. The van der Waals surface area contributed by atoms with E-state index in [1.54, 1.807) is 6.08 Å². The molecule has 0 aliphatic rings. The molecule has 1 aromatic carbocycles. The Labute approximate surface area is 108 Å². The van der Waals surface area contributed by atoms with Crippen molar-refractivity contribution < 1.29 is 22.4 Å². The second-order valence-electron chi connectivity index (χ2n) is 4.18. The number of nitrogens with one attached hydrogen (secondary N) is 1. The number of halogens is 4. The number of rotatable bonds is 3. The van der Waals surface area contributed by atoms with Crippen molar-refractivity contribution in [3.05, 3.63) is 46.8 Å². The predicted octanol–water partition coefficient (Wildman–Crippen LogP) is 3.54. The Balaban J connectivity index is 2.90. The van der Waals surface area contributed by atoms with Gasteiger partial charge in [-0.05, 0) is 32.0 Å². The standard InChI is InChI=1S/C13H13F4NO/c1-8(2)5-6-18-12(19)9-3-4-11(14)10(7-9)13(15,16)17/h3-5,7H,6H2,1-2H3,(H,18,19). The Bertz CT molecular complexity index is 502. The van der Waals surface area contributed by atoms with Gasteiger partial charge in [-0.25, -0.2) is 4.39 Å². The van der Waals surface area contributed by atoms with Gasteiger partial charge in [0.05, 0.1) is 5.56 Å². The minimum atomic E-state index is -4.82. The molecule has 0 saturated carbocycles. The maximum absolute atomic E-state index is 13.0. The highest BCUT2D eigenvalue weighted by molar-refractivity contribution is 5.94. The van der Waals surface area contributed by atoms with Crippen molar-refractivity contribution in [3.63, 3.8) is 0 Å². The van der Waals surface area contributed by atoms with Gasteiger partial charge in [-0.3, -0.25) is 4.79 Å². The van der Waals surface area contributed by atoms with E-state index < -0.39 is 23.5 Å². The molecule has 1 rings (SSSR count). The van der Waals surface area contributed by atoms with Gasteiger partial charge in [0.2, 0.25) is 0 Å². The maximum Gasteiger partial charge on any atom is 0.419 e. The highest BCUT2D eigenvalue weighted by Crippen LogP contribution is 2.31. The maximum atomic E-state index is 13.0. The third-order valence-corrected chi connectivity index (χ3v) is 2.31. The van der Waals surface area contributed by atoms with Gasteiger partial charge in [0.15, 0.2) is 0 Å². The van der Waals surface area contributed by atoms with E-state index >= 15 is 0 Å². The fourth-order valence-electron chi connectivity index (χ4n) is 1.33. The second kappa shape index (κ2) is 5.86. The highest BCUT2D eigenvalue weighted by Gasteiger charge is 2.34. The van der Waals surface area contributed by atoms with Crippen molar-refractivity contribution in [1.29, 1.82) is 0 Å². The number of benzene rings is 1.